The number of hydrogen-bond acceptors (Lipinski definition) is 11. The molecule has 7 N–H and O–H groups in total. The van der Waals surface area contributed by atoms with Gasteiger partial charge in [-0.15, -0.1) is 0 Å². The summed E-state index contributed by atoms with van der Waals surface area (Å²) in [5.74, 6) is -3.36. The molecule has 0 aliphatic rings. The lowest BCUT2D eigenvalue weighted by Crippen LogP contribution is -2.41. The Morgan fingerprint density at radius 1 is 0.417 bits per heavy atom. The molecule has 0 aromatic carbocycles. The van der Waals surface area contributed by atoms with Crippen molar-refractivity contribution < 1.29 is 62.7 Å². The molecule has 0 aliphatic heterocycles. The van der Waals surface area contributed by atoms with Gasteiger partial charge >= 0.3 is 11.9 Å². The van der Waals surface area contributed by atoms with Crippen LogP contribution in [-0.2, 0) is 52.5 Å². The Morgan fingerprint density at radius 2 is 0.800 bits per heavy atom. The first-order chi connectivity index (χ1) is 29.0. The molecule has 0 spiro atoms. The SMILES string of the molecule is O=C(O)CCCCCCCCCCCCCCCCCCC(=O)N[C@@H](CCC(=O)NCCOCCOCC(=O)NCCOCCOCC(=O)NCCNC(=O)CBr)C(=O)O. The Hall–Kier alpha value is -3.39. The number of amides is 5. The highest BCUT2D eigenvalue weighted by Gasteiger charge is 2.20. The van der Waals surface area contributed by atoms with Crippen molar-refractivity contribution in [2.75, 3.05) is 84.4 Å². The van der Waals surface area contributed by atoms with Gasteiger partial charge in [0.1, 0.15) is 19.3 Å². The second-order valence-electron chi connectivity index (χ2n) is 14.4. The molecule has 5 amide bonds. The number of alkyl halides is 1. The van der Waals surface area contributed by atoms with Crippen LogP contribution in [0.2, 0.25) is 0 Å². The minimum Gasteiger partial charge on any atom is -0.481 e. The summed E-state index contributed by atoms with van der Waals surface area (Å²) in [4.78, 5) is 81.3. The van der Waals surface area contributed by atoms with Gasteiger partial charge in [0.05, 0.1) is 45.0 Å². The molecule has 0 aromatic heterocycles. The summed E-state index contributed by atoms with van der Waals surface area (Å²) in [6.45, 7) is 2.07. The molecular formula is C41H74BrN5O13. The van der Waals surface area contributed by atoms with E-state index < -0.39 is 18.0 Å². The Kier molecular flexibility index (Phi) is 39.9. The van der Waals surface area contributed by atoms with Gasteiger partial charge in [-0.25, -0.2) is 4.79 Å². The van der Waals surface area contributed by atoms with Crippen LogP contribution in [0.3, 0.4) is 0 Å². The molecule has 0 radical (unpaired) electrons. The van der Waals surface area contributed by atoms with Crippen LogP contribution in [-0.4, -0.2) is 142 Å². The van der Waals surface area contributed by atoms with Crippen LogP contribution >= 0.6 is 15.9 Å². The maximum absolute atomic E-state index is 12.3. The van der Waals surface area contributed by atoms with Crippen molar-refractivity contribution in [3.63, 3.8) is 0 Å². The zero-order valence-corrected chi connectivity index (χ0v) is 37.3. The summed E-state index contributed by atoms with van der Waals surface area (Å²) in [6, 6.07) is -1.14. The lowest BCUT2D eigenvalue weighted by Gasteiger charge is -2.14. The Labute approximate surface area is 364 Å². The first-order valence-corrected chi connectivity index (χ1v) is 22.8. The predicted molar refractivity (Wildman–Crippen MR) is 229 cm³/mol. The molecule has 0 saturated heterocycles. The summed E-state index contributed by atoms with van der Waals surface area (Å²) in [6.07, 6.45) is 18.3. The van der Waals surface area contributed by atoms with Crippen molar-refractivity contribution >= 4 is 57.4 Å². The number of carboxylic acids is 2. The maximum Gasteiger partial charge on any atom is 0.326 e. The lowest BCUT2D eigenvalue weighted by atomic mass is 10.0. The van der Waals surface area contributed by atoms with Crippen molar-refractivity contribution in [1.29, 1.82) is 0 Å². The molecule has 0 saturated carbocycles. The van der Waals surface area contributed by atoms with Crippen LogP contribution in [0, 0.1) is 0 Å². The second kappa shape index (κ2) is 42.3. The van der Waals surface area contributed by atoms with E-state index in [0.29, 0.717) is 19.5 Å². The van der Waals surface area contributed by atoms with E-state index in [0.717, 1.165) is 38.5 Å². The van der Waals surface area contributed by atoms with E-state index in [2.05, 4.69) is 42.5 Å². The average Bonchev–Trinajstić information content (AvgIpc) is 3.22. The smallest absolute Gasteiger partial charge is 0.326 e. The fourth-order valence-corrected chi connectivity index (χ4v) is 5.97. The molecule has 0 aliphatic carbocycles. The van der Waals surface area contributed by atoms with Gasteiger partial charge in [0.2, 0.25) is 29.5 Å². The minimum atomic E-state index is -1.18. The largest absolute Gasteiger partial charge is 0.481 e. The number of carbonyl (C=O) groups excluding carboxylic acids is 5. The van der Waals surface area contributed by atoms with E-state index in [1.165, 1.54) is 57.8 Å². The Balaban J connectivity index is 3.64. The quantitative estimate of drug-likeness (QED) is 0.0342. The zero-order chi connectivity index (χ0) is 44.3. The molecule has 1 atom stereocenters. The summed E-state index contributed by atoms with van der Waals surface area (Å²) in [7, 11) is 0. The molecule has 0 heterocycles. The standard InChI is InChI=1S/C41H74BrN5O13/c42-31-37(50)43-21-22-44-38(51)32-59-29-28-58-26-24-46-39(52)33-60-30-27-57-25-23-45-35(48)20-19-34(41(55)56)47-36(49)17-15-13-11-9-7-5-3-1-2-4-6-8-10-12-14-16-18-40(53)54/h34H,1-33H2,(H,43,50)(H,44,51)(H,45,48)(H,46,52)(H,47,49)(H,53,54)(H,55,56)/t34-/m0/s1. The van der Waals surface area contributed by atoms with Crippen LogP contribution in [0.5, 0.6) is 0 Å². The third-order valence-corrected chi connectivity index (χ3v) is 9.59. The highest BCUT2D eigenvalue weighted by molar-refractivity contribution is 9.09. The topological polar surface area (TPSA) is 257 Å². The first kappa shape index (κ1) is 56.6. The van der Waals surface area contributed by atoms with Gasteiger partial charge in [-0.05, 0) is 19.3 Å². The number of halogens is 1. The molecular weight excluding hydrogens is 850 g/mol. The number of unbranched alkanes of at least 4 members (excludes halogenated alkanes) is 15. The number of carbonyl (C=O) groups is 7. The van der Waals surface area contributed by atoms with Gasteiger partial charge < -0.3 is 55.7 Å². The van der Waals surface area contributed by atoms with Crippen LogP contribution in [0.15, 0.2) is 0 Å². The molecule has 60 heavy (non-hydrogen) atoms. The molecule has 348 valence electrons. The minimum absolute atomic E-state index is 0.0244. The van der Waals surface area contributed by atoms with Crippen molar-refractivity contribution in [2.24, 2.45) is 0 Å². The molecule has 0 aromatic rings. The monoisotopic (exact) mass is 923 g/mol. The summed E-state index contributed by atoms with van der Waals surface area (Å²) < 4.78 is 21.2. The summed E-state index contributed by atoms with van der Waals surface area (Å²) >= 11 is 3.03. The van der Waals surface area contributed by atoms with Crippen molar-refractivity contribution in [2.45, 2.75) is 134 Å². The van der Waals surface area contributed by atoms with E-state index in [4.69, 9.17) is 24.1 Å². The van der Waals surface area contributed by atoms with Crippen LogP contribution in [0.1, 0.15) is 128 Å². The molecule has 18 nitrogen and oxygen atoms in total. The molecule has 0 rings (SSSR count). The molecule has 0 unspecified atom stereocenters. The number of hydrogen-bond donors (Lipinski definition) is 7. The number of rotatable bonds is 44. The maximum atomic E-state index is 12.3. The van der Waals surface area contributed by atoms with Crippen molar-refractivity contribution in [3.8, 4) is 0 Å². The fourth-order valence-electron chi connectivity index (χ4n) is 5.77. The highest BCUT2D eigenvalue weighted by atomic mass is 79.9. The number of nitrogens with one attached hydrogen (secondary N) is 5. The molecule has 0 fully saturated rings. The van der Waals surface area contributed by atoms with Gasteiger partial charge in [-0.3, -0.25) is 28.8 Å². The zero-order valence-electron chi connectivity index (χ0n) is 35.7. The average molecular weight is 925 g/mol. The Bertz CT molecular complexity index is 1170. The molecule has 0 bridgehead atoms. The highest BCUT2D eigenvalue weighted by Crippen LogP contribution is 2.14. The van der Waals surface area contributed by atoms with Gasteiger partial charge in [-0.2, -0.15) is 0 Å². The summed E-state index contributed by atoms with van der Waals surface area (Å²) in [5, 5.41) is 31.4. The predicted octanol–water partition coefficient (Wildman–Crippen LogP) is 3.37. The van der Waals surface area contributed by atoms with Crippen LogP contribution < -0.4 is 26.6 Å². The van der Waals surface area contributed by atoms with Crippen molar-refractivity contribution in [1.82, 2.24) is 26.6 Å². The fraction of sp³-hybridized carbons (Fsp3) is 0.829. The Morgan fingerprint density at radius 3 is 1.23 bits per heavy atom. The normalized spacial score (nSPS) is 11.4. The number of carboxylic acid groups (broad SMARTS) is 2. The van der Waals surface area contributed by atoms with E-state index in [1.807, 2.05) is 0 Å². The van der Waals surface area contributed by atoms with Gasteiger partial charge in [0.25, 0.3) is 0 Å². The summed E-state index contributed by atoms with van der Waals surface area (Å²) in [5.41, 5.74) is 0. The van der Waals surface area contributed by atoms with E-state index in [9.17, 15) is 38.7 Å². The van der Waals surface area contributed by atoms with Crippen LogP contribution in [0.4, 0.5) is 0 Å². The van der Waals surface area contributed by atoms with E-state index in [1.54, 1.807) is 0 Å². The van der Waals surface area contributed by atoms with Crippen LogP contribution in [0.25, 0.3) is 0 Å². The molecule has 19 heteroatoms. The van der Waals surface area contributed by atoms with Crippen molar-refractivity contribution in [3.05, 3.63) is 0 Å². The third kappa shape index (κ3) is 41.3. The third-order valence-electron chi connectivity index (χ3n) is 9.08. The number of aliphatic carboxylic acids is 2. The lowest BCUT2D eigenvalue weighted by molar-refractivity contribution is -0.142. The van der Waals surface area contributed by atoms with E-state index in [-0.39, 0.29) is 126 Å². The van der Waals surface area contributed by atoms with Gasteiger partial charge in [0, 0.05) is 45.4 Å². The van der Waals surface area contributed by atoms with Gasteiger partial charge in [0.15, 0.2) is 0 Å². The first-order valence-electron chi connectivity index (χ1n) is 21.7. The second-order valence-corrected chi connectivity index (χ2v) is 15.0. The van der Waals surface area contributed by atoms with E-state index >= 15 is 0 Å². The number of ether oxygens (including phenoxy) is 4. The van der Waals surface area contributed by atoms with Gasteiger partial charge in [-0.1, -0.05) is 106 Å².